The van der Waals surface area contributed by atoms with Gasteiger partial charge < -0.3 is 10.3 Å². The van der Waals surface area contributed by atoms with Crippen LogP contribution < -0.4 is 5.32 Å². The Bertz CT molecular complexity index is 916. The molecule has 130 valence electrons. The minimum absolute atomic E-state index is 0.0941. The van der Waals surface area contributed by atoms with E-state index in [0.717, 1.165) is 34.3 Å². The quantitative estimate of drug-likeness (QED) is 0.734. The van der Waals surface area contributed by atoms with E-state index in [0.29, 0.717) is 5.52 Å². The van der Waals surface area contributed by atoms with Gasteiger partial charge in [-0.2, -0.15) is 0 Å². The Labute approximate surface area is 146 Å². The molecule has 2 N–H and O–H groups in total. The van der Waals surface area contributed by atoms with E-state index in [-0.39, 0.29) is 24.2 Å². The first-order valence-electron chi connectivity index (χ1n) is 8.47. The average molecular weight is 339 g/mol. The predicted molar refractivity (Wildman–Crippen MR) is 96.8 cm³/mol. The van der Waals surface area contributed by atoms with E-state index in [9.17, 15) is 9.18 Å². The number of hydrogen-bond donors (Lipinski definition) is 2. The Morgan fingerprint density at radius 2 is 2.12 bits per heavy atom. The number of pyridine rings is 1. The number of benzene rings is 1. The van der Waals surface area contributed by atoms with Gasteiger partial charge in [0.15, 0.2) is 0 Å². The van der Waals surface area contributed by atoms with Gasteiger partial charge in [0.1, 0.15) is 5.82 Å². The van der Waals surface area contributed by atoms with Crippen molar-refractivity contribution in [2.45, 2.75) is 39.7 Å². The normalized spacial score (nSPS) is 12.3. The van der Waals surface area contributed by atoms with Crippen LogP contribution in [0.1, 0.15) is 41.9 Å². The number of carbonyl (C=O) groups excluding carboxylic acids is 1. The Morgan fingerprint density at radius 3 is 2.84 bits per heavy atom. The number of halogens is 1. The maximum absolute atomic E-state index is 13.9. The number of hydrogen-bond acceptors (Lipinski definition) is 2. The highest BCUT2D eigenvalue weighted by molar-refractivity contribution is 5.90. The number of nitrogens with zero attached hydrogens (tertiary/aromatic N) is 1. The summed E-state index contributed by atoms with van der Waals surface area (Å²) in [6, 6.07) is 8.71. The molecule has 0 spiro atoms. The van der Waals surface area contributed by atoms with Crippen LogP contribution in [0.15, 0.2) is 36.5 Å². The number of fused-ring (bicyclic) bond motifs is 1. The maximum atomic E-state index is 13.9. The molecule has 0 saturated heterocycles. The second-order valence-electron chi connectivity index (χ2n) is 6.35. The van der Waals surface area contributed by atoms with Crippen molar-refractivity contribution in [3.8, 4) is 0 Å². The lowest BCUT2D eigenvalue weighted by molar-refractivity contribution is -0.121. The first-order chi connectivity index (χ1) is 12.0. The van der Waals surface area contributed by atoms with Crippen LogP contribution in [0.2, 0.25) is 0 Å². The summed E-state index contributed by atoms with van der Waals surface area (Å²) < 4.78 is 13.9. The topological polar surface area (TPSA) is 57.8 Å². The second-order valence-corrected chi connectivity index (χ2v) is 6.35. The van der Waals surface area contributed by atoms with E-state index >= 15 is 0 Å². The van der Waals surface area contributed by atoms with Crippen molar-refractivity contribution < 1.29 is 9.18 Å². The van der Waals surface area contributed by atoms with Crippen LogP contribution in [0.3, 0.4) is 0 Å². The van der Waals surface area contributed by atoms with Crippen LogP contribution in [0.4, 0.5) is 4.39 Å². The van der Waals surface area contributed by atoms with Crippen molar-refractivity contribution in [1.82, 2.24) is 15.3 Å². The number of aromatic nitrogens is 2. The van der Waals surface area contributed by atoms with Crippen molar-refractivity contribution in [2.75, 3.05) is 0 Å². The second kappa shape index (κ2) is 7.05. The highest BCUT2D eigenvalue weighted by Crippen LogP contribution is 2.25. The van der Waals surface area contributed by atoms with Crippen LogP contribution in [0.5, 0.6) is 0 Å². The molecule has 1 amide bonds. The molecule has 1 atom stereocenters. The fraction of sp³-hybridized carbons (Fsp3) is 0.300. The number of amides is 1. The molecule has 25 heavy (non-hydrogen) atoms. The Morgan fingerprint density at radius 1 is 1.32 bits per heavy atom. The summed E-state index contributed by atoms with van der Waals surface area (Å²) in [4.78, 5) is 20.0. The number of para-hydroxylation sites is 1. The molecule has 3 aromatic rings. The standard InChI is InChI=1S/C20H22FN3O/c1-4-17(18-10-12(2)8-9-22-18)24-19(25)11-15-13(3)23-20-14(15)6-5-7-16(20)21/h5-10,17,23H,4,11H2,1-3H3,(H,24,25)/t17-/m0/s1. The minimum atomic E-state index is -0.303. The van der Waals surface area contributed by atoms with Crippen molar-refractivity contribution in [1.29, 1.82) is 0 Å². The van der Waals surface area contributed by atoms with Gasteiger partial charge in [-0.1, -0.05) is 19.1 Å². The number of aryl methyl sites for hydroxylation is 2. The molecular formula is C20H22FN3O. The van der Waals surface area contributed by atoms with Gasteiger partial charge in [0.2, 0.25) is 5.91 Å². The largest absolute Gasteiger partial charge is 0.356 e. The molecule has 0 aliphatic rings. The molecule has 0 saturated carbocycles. The zero-order valence-electron chi connectivity index (χ0n) is 14.7. The lowest BCUT2D eigenvalue weighted by Crippen LogP contribution is -2.30. The van der Waals surface area contributed by atoms with Crippen molar-refractivity contribution in [2.24, 2.45) is 0 Å². The van der Waals surface area contributed by atoms with Gasteiger partial charge in [-0.3, -0.25) is 9.78 Å². The molecule has 0 unspecified atom stereocenters. The Hall–Kier alpha value is -2.69. The first-order valence-corrected chi connectivity index (χ1v) is 8.47. The summed E-state index contributed by atoms with van der Waals surface area (Å²) >= 11 is 0. The zero-order chi connectivity index (χ0) is 18.0. The molecule has 0 fully saturated rings. The molecule has 3 rings (SSSR count). The van der Waals surface area contributed by atoms with E-state index < -0.39 is 0 Å². The summed E-state index contributed by atoms with van der Waals surface area (Å²) in [6.07, 6.45) is 2.72. The lowest BCUT2D eigenvalue weighted by atomic mass is 10.1. The lowest BCUT2D eigenvalue weighted by Gasteiger charge is -2.17. The molecule has 0 bridgehead atoms. The monoisotopic (exact) mass is 339 g/mol. The third-order valence-electron chi connectivity index (χ3n) is 4.48. The molecule has 5 heteroatoms. The number of carbonyl (C=O) groups is 1. The Kier molecular flexibility index (Phi) is 4.83. The van der Waals surface area contributed by atoms with E-state index in [1.165, 1.54) is 6.07 Å². The van der Waals surface area contributed by atoms with Gasteiger partial charge in [0, 0.05) is 17.3 Å². The molecule has 0 aliphatic carbocycles. The van der Waals surface area contributed by atoms with Gasteiger partial charge in [0.05, 0.1) is 23.7 Å². The van der Waals surface area contributed by atoms with Crippen molar-refractivity contribution >= 4 is 16.8 Å². The molecular weight excluding hydrogens is 317 g/mol. The third kappa shape index (κ3) is 3.55. The highest BCUT2D eigenvalue weighted by atomic mass is 19.1. The van der Waals surface area contributed by atoms with Gasteiger partial charge >= 0.3 is 0 Å². The van der Waals surface area contributed by atoms with Crippen LogP contribution in [0, 0.1) is 19.7 Å². The van der Waals surface area contributed by atoms with Crippen LogP contribution in [-0.2, 0) is 11.2 Å². The minimum Gasteiger partial charge on any atom is -0.356 e. The summed E-state index contributed by atoms with van der Waals surface area (Å²) in [5.41, 5.74) is 4.07. The zero-order valence-corrected chi connectivity index (χ0v) is 14.7. The summed E-state index contributed by atoms with van der Waals surface area (Å²) in [5, 5.41) is 3.80. The van der Waals surface area contributed by atoms with Crippen molar-refractivity contribution in [3.63, 3.8) is 0 Å². The van der Waals surface area contributed by atoms with Crippen molar-refractivity contribution in [3.05, 3.63) is 64.9 Å². The van der Waals surface area contributed by atoms with E-state index in [1.54, 1.807) is 12.3 Å². The van der Waals surface area contributed by atoms with E-state index in [1.807, 2.05) is 39.0 Å². The first kappa shape index (κ1) is 17.1. The van der Waals surface area contributed by atoms with E-state index in [4.69, 9.17) is 0 Å². The number of aromatic amines is 1. The summed E-state index contributed by atoms with van der Waals surface area (Å²) in [7, 11) is 0. The van der Waals surface area contributed by atoms with Gasteiger partial charge in [-0.15, -0.1) is 0 Å². The van der Waals surface area contributed by atoms with Gasteiger partial charge in [-0.05, 0) is 49.6 Å². The Balaban J connectivity index is 1.80. The smallest absolute Gasteiger partial charge is 0.225 e. The predicted octanol–water partition coefficient (Wildman–Crippen LogP) is 4.13. The average Bonchev–Trinajstić information content (AvgIpc) is 2.90. The summed E-state index contributed by atoms with van der Waals surface area (Å²) in [6.45, 7) is 5.88. The third-order valence-corrected chi connectivity index (χ3v) is 4.48. The molecule has 2 aromatic heterocycles. The van der Waals surface area contributed by atoms with Crippen LogP contribution in [-0.4, -0.2) is 15.9 Å². The fourth-order valence-corrected chi connectivity index (χ4v) is 3.14. The molecule has 4 nitrogen and oxygen atoms in total. The number of H-pyrrole nitrogens is 1. The van der Waals surface area contributed by atoms with Gasteiger partial charge in [0.25, 0.3) is 0 Å². The van der Waals surface area contributed by atoms with Crippen LogP contribution >= 0.6 is 0 Å². The number of rotatable bonds is 5. The molecule has 0 aliphatic heterocycles. The maximum Gasteiger partial charge on any atom is 0.225 e. The van der Waals surface area contributed by atoms with E-state index in [2.05, 4.69) is 15.3 Å². The SMILES string of the molecule is CC[C@H](NC(=O)Cc1c(C)[nH]c2c(F)cccc12)c1cc(C)ccn1. The molecule has 2 heterocycles. The molecule has 1 aromatic carbocycles. The fourth-order valence-electron chi connectivity index (χ4n) is 3.14. The highest BCUT2D eigenvalue weighted by Gasteiger charge is 2.18. The van der Waals surface area contributed by atoms with Gasteiger partial charge in [-0.25, -0.2) is 4.39 Å². The van der Waals surface area contributed by atoms with Crippen LogP contribution in [0.25, 0.3) is 10.9 Å². The summed E-state index contributed by atoms with van der Waals surface area (Å²) in [5.74, 6) is -0.397. The number of nitrogens with one attached hydrogen (secondary N) is 2. The molecule has 0 radical (unpaired) electrons.